The van der Waals surface area contributed by atoms with Crippen molar-refractivity contribution in [3.05, 3.63) is 33.7 Å². The van der Waals surface area contributed by atoms with Gasteiger partial charge in [-0.3, -0.25) is 9.59 Å². The summed E-state index contributed by atoms with van der Waals surface area (Å²) in [6.45, 7) is 2.54. The number of rotatable bonds is 3. The summed E-state index contributed by atoms with van der Waals surface area (Å²) in [4.78, 5) is 28.7. The predicted octanol–water partition coefficient (Wildman–Crippen LogP) is 1.06. The van der Waals surface area contributed by atoms with E-state index in [4.69, 9.17) is 5.11 Å². The highest BCUT2D eigenvalue weighted by molar-refractivity contribution is 5.92. The number of aryl methyl sites for hydroxylation is 1. The molecule has 0 radical (unpaired) electrons. The van der Waals surface area contributed by atoms with Gasteiger partial charge in [0.15, 0.2) is 5.43 Å². The number of aliphatic hydroxyl groups is 1. The molecule has 1 aromatic heterocycles. The van der Waals surface area contributed by atoms with Crippen LogP contribution in [0.5, 0.6) is 0 Å². The molecule has 104 valence electrons. The number of aromatic amines is 1. The van der Waals surface area contributed by atoms with Crippen LogP contribution in [0.4, 0.5) is 0 Å². The molecule has 2 rings (SSSR count). The Labute approximate surface area is 112 Å². The summed E-state index contributed by atoms with van der Waals surface area (Å²) in [7, 11) is 0. The molecule has 0 aliphatic carbocycles. The van der Waals surface area contributed by atoms with E-state index in [2.05, 4.69) is 4.98 Å². The highest BCUT2D eigenvalue weighted by Crippen LogP contribution is 2.21. The number of nitrogens with one attached hydrogen (secondary N) is 1. The molecule has 5 nitrogen and oxygen atoms in total. The minimum absolute atomic E-state index is 0.0789. The number of carbonyl (C=O) groups excluding carboxylic acids is 1. The van der Waals surface area contributed by atoms with Crippen molar-refractivity contribution in [2.45, 2.75) is 38.6 Å². The van der Waals surface area contributed by atoms with Crippen LogP contribution in [-0.2, 0) is 0 Å². The Morgan fingerprint density at radius 1 is 1.47 bits per heavy atom. The smallest absolute Gasteiger partial charge is 0.270 e. The summed E-state index contributed by atoms with van der Waals surface area (Å²) in [6, 6.07) is 2.90. The molecule has 0 saturated carbocycles. The zero-order chi connectivity index (χ0) is 13.8. The van der Waals surface area contributed by atoms with E-state index < -0.39 is 0 Å². The van der Waals surface area contributed by atoms with Gasteiger partial charge in [0.05, 0.1) is 0 Å². The van der Waals surface area contributed by atoms with E-state index in [1.165, 1.54) is 12.1 Å². The predicted molar refractivity (Wildman–Crippen MR) is 72.2 cm³/mol. The van der Waals surface area contributed by atoms with Crippen LogP contribution < -0.4 is 5.43 Å². The van der Waals surface area contributed by atoms with Gasteiger partial charge in [-0.15, -0.1) is 0 Å². The summed E-state index contributed by atoms with van der Waals surface area (Å²) in [5.41, 5.74) is 0.872. The molecule has 0 unspecified atom stereocenters. The van der Waals surface area contributed by atoms with Gasteiger partial charge in [-0.1, -0.05) is 0 Å². The van der Waals surface area contributed by atoms with Gasteiger partial charge in [-0.05, 0) is 32.6 Å². The van der Waals surface area contributed by atoms with Crippen molar-refractivity contribution < 1.29 is 9.90 Å². The number of pyridine rings is 1. The largest absolute Gasteiger partial charge is 0.396 e. The lowest BCUT2D eigenvalue weighted by Gasteiger charge is -2.35. The number of aromatic nitrogens is 1. The van der Waals surface area contributed by atoms with Crippen LogP contribution in [0, 0.1) is 6.92 Å². The number of hydrogen-bond donors (Lipinski definition) is 2. The molecule has 0 bridgehead atoms. The minimum Gasteiger partial charge on any atom is -0.396 e. The molecule has 1 amide bonds. The fraction of sp³-hybridized carbons (Fsp3) is 0.571. The Balaban J connectivity index is 2.23. The van der Waals surface area contributed by atoms with Crippen molar-refractivity contribution in [1.82, 2.24) is 9.88 Å². The Kier molecular flexibility index (Phi) is 4.37. The summed E-state index contributed by atoms with van der Waals surface area (Å²) >= 11 is 0. The summed E-state index contributed by atoms with van der Waals surface area (Å²) in [6.07, 6.45) is 3.58. The Bertz CT molecular complexity index is 508. The van der Waals surface area contributed by atoms with E-state index >= 15 is 0 Å². The molecule has 2 heterocycles. The lowest BCUT2D eigenvalue weighted by molar-refractivity contribution is 0.0568. The maximum atomic E-state index is 12.5. The zero-order valence-electron chi connectivity index (χ0n) is 11.2. The molecule has 1 fully saturated rings. The minimum atomic E-state index is -0.157. The fourth-order valence-electron chi connectivity index (χ4n) is 2.67. The SMILES string of the molecule is Cc1cc(=O)cc(C(=O)N2CCCC[C@H]2CCO)[nH]1. The number of H-pyrrole nitrogens is 1. The Morgan fingerprint density at radius 3 is 2.95 bits per heavy atom. The van der Waals surface area contributed by atoms with Crippen LogP contribution in [0.25, 0.3) is 0 Å². The van der Waals surface area contributed by atoms with Crippen LogP contribution in [0.3, 0.4) is 0 Å². The molecule has 1 saturated heterocycles. The van der Waals surface area contributed by atoms with Crippen LogP contribution in [0.15, 0.2) is 16.9 Å². The summed E-state index contributed by atoms with van der Waals surface area (Å²) < 4.78 is 0. The Morgan fingerprint density at radius 2 is 2.26 bits per heavy atom. The van der Waals surface area contributed by atoms with Gasteiger partial charge < -0.3 is 15.0 Å². The van der Waals surface area contributed by atoms with E-state index in [1.807, 2.05) is 0 Å². The van der Waals surface area contributed by atoms with Crippen molar-refractivity contribution in [3.8, 4) is 0 Å². The molecule has 5 heteroatoms. The van der Waals surface area contributed by atoms with Gasteiger partial charge in [-0.25, -0.2) is 0 Å². The first-order valence-electron chi connectivity index (χ1n) is 6.74. The topological polar surface area (TPSA) is 73.4 Å². The molecule has 1 aliphatic rings. The average molecular weight is 264 g/mol. The average Bonchev–Trinajstić information content (AvgIpc) is 2.38. The number of amides is 1. The highest BCUT2D eigenvalue weighted by Gasteiger charge is 2.27. The first-order chi connectivity index (χ1) is 9.11. The van der Waals surface area contributed by atoms with Gasteiger partial charge in [0.2, 0.25) is 0 Å². The molecule has 0 spiro atoms. The van der Waals surface area contributed by atoms with E-state index in [1.54, 1.807) is 11.8 Å². The zero-order valence-corrected chi connectivity index (χ0v) is 11.2. The third kappa shape index (κ3) is 3.23. The van der Waals surface area contributed by atoms with E-state index in [0.29, 0.717) is 24.4 Å². The number of likely N-dealkylation sites (tertiary alicyclic amines) is 1. The number of carbonyl (C=O) groups is 1. The first kappa shape index (κ1) is 13.8. The van der Waals surface area contributed by atoms with E-state index in [-0.39, 0.29) is 24.0 Å². The van der Waals surface area contributed by atoms with Gasteiger partial charge in [0, 0.05) is 37.0 Å². The number of piperidine rings is 1. The van der Waals surface area contributed by atoms with Crippen molar-refractivity contribution in [2.24, 2.45) is 0 Å². The van der Waals surface area contributed by atoms with Gasteiger partial charge in [0.1, 0.15) is 5.69 Å². The van der Waals surface area contributed by atoms with Crippen molar-refractivity contribution in [2.75, 3.05) is 13.2 Å². The molecular formula is C14H20N2O3. The number of aliphatic hydroxyl groups excluding tert-OH is 1. The van der Waals surface area contributed by atoms with Crippen molar-refractivity contribution in [1.29, 1.82) is 0 Å². The first-order valence-corrected chi connectivity index (χ1v) is 6.74. The molecule has 1 aromatic rings. The van der Waals surface area contributed by atoms with Gasteiger partial charge >= 0.3 is 0 Å². The van der Waals surface area contributed by atoms with Crippen molar-refractivity contribution in [3.63, 3.8) is 0 Å². The molecular weight excluding hydrogens is 244 g/mol. The fourth-order valence-corrected chi connectivity index (χ4v) is 2.67. The molecule has 2 N–H and O–H groups in total. The Hall–Kier alpha value is -1.62. The lowest BCUT2D eigenvalue weighted by atomic mass is 9.99. The quantitative estimate of drug-likeness (QED) is 0.857. The van der Waals surface area contributed by atoms with E-state index in [9.17, 15) is 9.59 Å². The highest BCUT2D eigenvalue weighted by atomic mass is 16.3. The monoisotopic (exact) mass is 264 g/mol. The molecule has 1 atom stereocenters. The maximum Gasteiger partial charge on any atom is 0.270 e. The second-order valence-corrected chi connectivity index (χ2v) is 5.07. The van der Waals surface area contributed by atoms with Gasteiger partial charge in [0.25, 0.3) is 5.91 Å². The third-order valence-electron chi connectivity index (χ3n) is 3.56. The lowest BCUT2D eigenvalue weighted by Crippen LogP contribution is -2.44. The molecule has 0 aromatic carbocycles. The summed E-state index contributed by atoms with van der Waals surface area (Å²) in [5.74, 6) is -0.140. The van der Waals surface area contributed by atoms with E-state index in [0.717, 1.165) is 19.3 Å². The summed E-state index contributed by atoms with van der Waals surface area (Å²) in [5, 5.41) is 9.08. The molecule has 19 heavy (non-hydrogen) atoms. The number of hydrogen-bond acceptors (Lipinski definition) is 3. The van der Waals surface area contributed by atoms with Crippen LogP contribution >= 0.6 is 0 Å². The van der Waals surface area contributed by atoms with Gasteiger partial charge in [-0.2, -0.15) is 0 Å². The third-order valence-corrected chi connectivity index (χ3v) is 3.56. The van der Waals surface area contributed by atoms with Crippen molar-refractivity contribution >= 4 is 5.91 Å². The van der Waals surface area contributed by atoms with Crippen LogP contribution in [-0.4, -0.2) is 40.1 Å². The maximum absolute atomic E-state index is 12.5. The number of nitrogens with zero attached hydrogens (tertiary/aromatic N) is 1. The molecule has 1 aliphatic heterocycles. The second kappa shape index (κ2) is 6.02. The van der Waals surface area contributed by atoms with Crippen LogP contribution in [0.1, 0.15) is 41.9 Å². The van der Waals surface area contributed by atoms with Crippen LogP contribution in [0.2, 0.25) is 0 Å². The standard InChI is InChI=1S/C14H20N2O3/c1-10-8-12(18)9-13(15-10)14(19)16-6-3-2-4-11(16)5-7-17/h8-9,11,17H,2-7H2,1H3,(H,15,18)/t11-/m0/s1. The second-order valence-electron chi connectivity index (χ2n) is 5.07. The normalized spacial score (nSPS) is 19.5.